The molecular weight excluding hydrogens is 498 g/mol. The molecule has 0 spiro atoms. The summed E-state index contributed by atoms with van der Waals surface area (Å²) >= 11 is 0. The Morgan fingerprint density at radius 3 is 2.44 bits per heavy atom. The SMILES string of the molecule is CC(C)C(=O)Nc1nc(O)c2ncn([C@H]3C[C@H](OCc4ccccc4)[C@@](C)(COCc4ccccc4)O3)c2n1. The predicted octanol–water partition coefficient (Wildman–Crippen LogP) is 4.61. The largest absolute Gasteiger partial charge is 0.492 e. The summed E-state index contributed by atoms with van der Waals surface area (Å²) < 4.78 is 20.8. The molecule has 2 N–H and O–H groups in total. The van der Waals surface area contributed by atoms with Crippen molar-refractivity contribution < 1.29 is 24.1 Å². The van der Waals surface area contributed by atoms with Crippen molar-refractivity contribution in [3.63, 3.8) is 0 Å². The average molecular weight is 532 g/mol. The maximum absolute atomic E-state index is 12.2. The van der Waals surface area contributed by atoms with Crippen molar-refractivity contribution >= 4 is 23.0 Å². The Morgan fingerprint density at radius 1 is 1.10 bits per heavy atom. The standard InChI is InChI=1S/C29H33N5O5/c1-19(2)26(35)32-28-31-25-24(27(36)33-28)30-18-34(25)23-14-22(38-16-21-12-8-5-9-13-21)29(3,39-23)17-37-15-20-10-6-4-7-11-20/h4-13,18-19,22-23H,14-17H2,1-3H3,(H2,31,32,33,35,36)/t22-,23+,29+/m0/s1. The molecule has 204 valence electrons. The van der Waals surface area contributed by atoms with Crippen LogP contribution in [0.3, 0.4) is 0 Å². The fourth-order valence-electron chi connectivity index (χ4n) is 4.55. The van der Waals surface area contributed by atoms with Crippen LogP contribution in [0, 0.1) is 5.92 Å². The normalized spacial score (nSPS) is 21.0. The van der Waals surface area contributed by atoms with E-state index < -0.39 is 11.8 Å². The summed E-state index contributed by atoms with van der Waals surface area (Å²) in [6.45, 7) is 6.69. The van der Waals surface area contributed by atoms with Gasteiger partial charge in [-0.15, -0.1) is 0 Å². The average Bonchev–Trinajstić information content (AvgIpc) is 3.50. The number of aromatic hydroxyl groups is 1. The van der Waals surface area contributed by atoms with Gasteiger partial charge in [-0.1, -0.05) is 74.5 Å². The zero-order valence-electron chi connectivity index (χ0n) is 22.3. The summed E-state index contributed by atoms with van der Waals surface area (Å²) in [4.78, 5) is 25.0. The van der Waals surface area contributed by atoms with Crippen molar-refractivity contribution in [3.8, 4) is 5.88 Å². The summed E-state index contributed by atoms with van der Waals surface area (Å²) in [5, 5.41) is 13.1. The molecule has 10 nitrogen and oxygen atoms in total. The van der Waals surface area contributed by atoms with Crippen LogP contribution in [-0.2, 0) is 32.2 Å². The van der Waals surface area contributed by atoms with Gasteiger partial charge in [0.15, 0.2) is 11.2 Å². The fraction of sp³-hybridized carbons (Fsp3) is 0.379. The molecule has 3 heterocycles. The van der Waals surface area contributed by atoms with E-state index in [0.29, 0.717) is 31.9 Å². The van der Waals surface area contributed by atoms with Crippen LogP contribution in [0.5, 0.6) is 5.88 Å². The number of hydrogen-bond donors (Lipinski definition) is 2. The number of aromatic nitrogens is 4. The third-order valence-corrected chi connectivity index (χ3v) is 6.77. The van der Waals surface area contributed by atoms with E-state index in [-0.39, 0.29) is 35.3 Å². The van der Waals surface area contributed by atoms with Crippen LogP contribution in [0.2, 0.25) is 0 Å². The molecule has 1 fully saturated rings. The Labute approximate surface area is 227 Å². The van der Waals surface area contributed by atoms with Crippen LogP contribution in [0.1, 0.15) is 44.5 Å². The molecule has 2 aromatic heterocycles. The van der Waals surface area contributed by atoms with Crippen LogP contribution in [0.4, 0.5) is 5.95 Å². The van der Waals surface area contributed by atoms with Crippen molar-refractivity contribution in [2.24, 2.45) is 5.92 Å². The molecule has 5 rings (SSSR count). The van der Waals surface area contributed by atoms with Gasteiger partial charge in [0.05, 0.1) is 32.3 Å². The number of fused-ring (bicyclic) bond motifs is 1. The van der Waals surface area contributed by atoms with Crippen molar-refractivity contribution in [2.75, 3.05) is 11.9 Å². The second-order valence-electron chi connectivity index (χ2n) is 10.2. The molecule has 10 heteroatoms. The number of hydrogen-bond acceptors (Lipinski definition) is 8. The third kappa shape index (κ3) is 6.08. The lowest BCUT2D eigenvalue weighted by molar-refractivity contribution is -0.145. The second-order valence-corrected chi connectivity index (χ2v) is 10.2. The zero-order chi connectivity index (χ0) is 27.4. The molecule has 1 aliphatic heterocycles. The second kappa shape index (κ2) is 11.5. The van der Waals surface area contributed by atoms with Gasteiger partial charge in [0, 0.05) is 12.3 Å². The van der Waals surface area contributed by atoms with Crippen molar-refractivity contribution in [1.82, 2.24) is 19.5 Å². The highest BCUT2D eigenvalue weighted by Gasteiger charge is 2.47. The quantitative estimate of drug-likeness (QED) is 0.304. The molecule has 39 heavy (non-hydrogen) atoms. The van der Waals surface area contributed by atoms with Crippen molar-refractivity contribution in [1.29, 1.82) is 0 Å². The topological polar surface area (TPSA) is 121 Å². The van der Waals surface area contributed by atoms with E-state index in [0.717, 1.165) is 11.1 Å². The van der Waals surface area contributed by atoms with E-state index in [1.165, 1.54) is 0 Å². The minimum Gasteiger partial charge on any atom is -0.492 e. The summed E-state index contributed by atoms with van der Waals surface area (Å²) in [5.41, 5.74) is 1.93. The highest BCUT2D eigenvalue weighted by Crippen LogP contribution is 2.41. The smallest absolute Gasteiger partial charge is 0.244 e. The highest BCUT2D eigenvalue weighted by molar-refractivity contribution is 5.91. The van der Waals surface area contributed by atoms with E-state index in [1.807, 2.05) is 67.6 Å². The van der Waals surface area contributed by atoms with Gasteiger partial charge in [-0.2, -0.15) is 9.97 Å². The summed E-state index contributed by atoms with van der Waals surface area (Å²) in [7, 11) is 0. The van der Waals surface area contributed by atoms with Gasteiger partial charge in [-0.05, 0) is 18.1 Å². The first-order valence-corrected chi connectivity index (χ1v) is 13.0. The maximum Gasteiger partial charge on any atom is 0.244 e. The molecule has 0 unspecified atom stereocenters. The van der Waals surface area contributed by atoms with Gasteiger partial charge in [0.25, 0.3) is 0 Å². The lowest BCUT2D eigenvalue weighted by Gasteiger charge is -2.30. The monoisotopic (exact) mass is 531 g/mol. The molecule has 4 aromatic rings. The number of imidazole rings is 1. The fourth-order valence-corrected chi connectivity index (χ4v) is 4.55. The minimum atomic E-state index is -0.769. The number of nitrogens with one attached hydrogen (secondary N) is 1. The van der Waals surface area contributed by atoms with E-state index in [1.54, 1.807) is 24.7 Å². The molecular formula is C29H33N5O5. The number of amides is 1. The van der Waals surface area contributed by atoms with Crippen molar-refractivity contribution in [2.45, 2.75) is 58.3 Å². The minimum absolute atomic E-state index is 0.00396. The van der Waals surface area contributed by atoms with Gasteiger partial charge in [-0.25, -0.2) is 4.98 Å². The Kier molecular flexibility index (Phi) is 7.87. The predicted molar refractivity (Wildman–Crippen MR) is 145 cm³/mol. The molecule has 0 saturated carbocycles. The molecule has 2 aromatic carbocycles. The number of benzene rings is 2. The molecule has 1 saturated heterocycles. The maximum atomic E-state index is 12.2. The van der Waals surface area contributed by atoms with Crippen LogP contribution in [0.15, 0.2) is 67.0 Å². The van der Waals surface area contributed by atoms with Crippen LogP contribution in [-0.4, -0.2) is 48.8 Å². The highest BCUT2D eigenvalue weighted by atomic mass is 16.6. The van der Waals surface area contributed by atoms with Gasteiger partial charge >= 0.3 is 0 Å². The Balaban J connectivity index is 1.38. The third-order valence-electron chi connectivity index (χ3n) is 6.77. The number of ether oxygens (including phenoxy) is 3. The molecule has 3 atom stereocenters. The molecule has 1 aliphatic rings. The first-order chi connectivity index (χ1) is 18.8. The number of nitrogens with zero attached hydrogens (tertiary/aromatic N) is 4. The number of carbonyl (C=O) groups is 1. The Morgan fingerprint density at radius 2 is 1.77 bits per heavy atom. The van der Waals surface area contributed by atoms with Gasteiger partial charge in [-0.3, -0.25) is 14.7 Å². The summed E-state index contributed by atoms with van der Waals surface area (Å²) in [5.74, 6) is -0.839. The van der Waals surface area contributed by atoms with Crippen LogP contribution < -0.4 is 5.32 Å². The lowest BCUT2D eigenvalue weighted by Crippen LogP contribution is -2.42. The number of anilines is 1. The number of rotatable bonds is 10. The van der Waals surface area contributed by atoms with E-state index in [4.69, 9.17) is 14.2 Å². The first kappa shape index (κ1) is 26.7. The van der Waals surface area contributed by atoms with Gasteiger partial charge in [0.2, 0.25) is 17.7 Å². The Bertz CT molecular complexity index is 1410. The van der Waals surface area contributed by atoms with Crippen molar-refractivity contribution in [3.05, 3.63) is 78.1 Å². The number of carbonyl (C=O) groups excluding carboxylic acids is 1. The van der Waals surface area contributed by atoms with Crippen LogP contribution >= 0.6 is 0 Å². The molecule has 0 bridgehead atoms. The summed E-state index contributed by atoms with van der Waals surface area (Å²) in [6.07, 6.45) is 1.26. The van der Waals surface area contributed by atoms with Gasteiger partial charge < -0.3 is 19.3 Å². The van der Waals surface area contributed by atoms with Gasteiger partial charge in [0.1, 0.15) is 11.8 Å². The molecule has 0 aliphatic carbocycles. The van der Waals surface area contributed by atoms with Crippen LogP contribution in [0.25, 0.3) is 11.2 Å². The van der Waals surface area contributed by atoms with E-state index >= 15 is 0 Å². The molecule has 1 amide bonds. The first-order valence-electron chi connectivity index (χ1n) is 13.0. The lowest BCUT2D eigenvalue weighted by atomic mass is 10.00. The van der Waals surface area contributed by atoms with E-state index in [9.17, 15) is 9.90 Å². The van der Waals surface area contributed by atoms with E-state index in [2.05, 4.69) is 20.3 Å². The summed E-state index contributed by atoms with van der Waals surface area (Å²) in [6, 6.07) is 19.9. The molecule has 0 radical (unpaired) electrons. The Hall–Kier alpha value is -3.86. The zero-order valence-corrected chi connectivity index (χ0v) is 22.3.